The number of aryl methyl sites for hydroxylation is 2. The summed E-state index contributed by atoms with van der Waals surface area (Å²) in [5, 5.41) is 0. The van der Waals surface area contributed by atoms with Crippen molar-refractivity contribution in [3.63, 3.8) is 0 Å². The molecule has 1 aromatic heterocycles. The average molecular weight is 427 g/mol. The van der Waals surface area contributed by atoms with Gasteiger partial charge in [0, 0.05) is 15.0 Å². The highest BCUT2D eigenvalue weighted by molar-refractivity contribution is 14.1. The first-order valence-corrected chi connectivity index (χ1v) is 8.29. The SMILES string of the molecule is CCOC(=O)c1c(C)[nH]c(C)c1C(=O)COc1cccc(I)c1. The van der Waals surface area contributed by atoms with Crippen LogP contribution in [0.2, 0.25) is 0 Å². The molecule has 1 N–H and O–H groups in total. The molecule has 1 aromatic carbocycles. The summed E-state index contributed by atoms with van der Waals surface area (Å²) in [4.78, 5) is 27.6. The van der Waals surface area contributed by atoms with Crippen LogP contribution in [0.1, 0.15) is 39.0 Å². The lowest BCUT2D eigenvalue weighted by atomic mass is 10.1. The van der Waals surface area contributed by atoms with Crippen molar-refractivity contribution in [3.8, 4) is 5.75 Å². The van der Waals surface area contributed by atoms with E-state index < -0.39 is 5.97 Å². The zero-order valence-corrected chi connectivity index (χ0v) is 15.4. The number of H-pyrrole nitrogens is 1. The van der Waals surface area contributed by atoms with Crippen LogP contribution in [0.15, 0.2) is 24.3 Å². The van der Waals surface area contributed by atoms with E-state index in [4.69, 9.17) is 9.47 Å². The first kappa shape index (κ1) is 17.5. The Morgan fingerprint density at radius 1 is 1.17 bits per heavy atom. The number of Topliss-reactive ketones (excluding diaryl/α,β-unsaturated/α-hetero) is 1. The molecule has 1 heterocycles. The predicted molar refractivity (Wildman–Crippen MR) is 95.2 cm³/mol. The van der Waals surface area contributed by atoms with Gasteiger partial charge in [-0.3, -0.25) is 4.79 Å². The highest BCUT2D eigenvalue weighted by Crippen LogP contribution is 2.21. The first-order chi connectivity index (χ1) is 10.9. The zero-order valence-electron chi connectivity index (χ0n) is 13.2. The molecule has 0 saturated heterocycles. The summed E-state index contributed by atoms with van der Waals surface area (Å²) in [5.74, 6) is -0.131. The molecule has 0 aliphatic heterocycles. The van der Waals surface area contributed by atoms with E-state index in [9.17, 15) is 9.59 Å². The minimum Gasteiger partial charge on any atom is -0.485 e. The van der Waals surface area contributed by atoms with Crippen molar-refractivity contribution in [1.82, 2.24) is 4.98 Å². The second kappa shape index (κ2) is 7.63. The second-order valence-electron chi connectivity index (χ2n) is 5.01. The van der Waals surface area contributed by atoms with Crippen LogP contribution in [-0.4, -0.2) is 30.0 Å². The number of hydrogen-bond acceptors (Lipinski definition) is 4. The maximum atomic E-state index is 12.5. The molecular weight excluding hydrogens is 409 g/mol. The monoisotopic (exact) mass is 427 g/mol. The summed E-state index contributed by atoms with van der Waals surface area (Å²) in [6.07, 6.45) is 0. The molecule has 0 fully saturated rings. The summed E-state index contributed by atoms with van der Waals surface area (Å²) in [6.45, 7) is 5.36. The first-order valence-electron chi connectivity index (χ1n) is 7.21. The third-order valence-corrected chi connectivity index (χ3v) is 3.97. The average Bonchev–Trinajstić information content (AvgIpc) is 2.79. The fourth-order valence-corrected chi connectivity index (χ4v) is 2.88. The van der Waals surface area contributed by atoms with Gasteiger partial charge in [0.1, 0.15) is 5.75 Å². The molecule has 0 aliphatic carbocycles. The van der Waals surface area contributed by atoms with Gasteiger partial charge >= 0.3 is 5.97 Å². The molecule has 23 heavy (non-hydrogen) atoms. The van der Waals surface area contributed by atoms with E-state index in [0.717, 1.165) is 3.57 Å². The van der Waals surface area contributed by atoms with Crippen LogP contribution in [0.3, 0.4) is 0 Å². The number of rotatable bonds is 6. The molecule has 0 spiro atoms. The van der Waals surface area contributed by atoms with Gasteiger partial charge in [0.25, 0.3) is 0 Å². The number of benzene rings is 1. The van der Waals surface area contributed by atoms with Crippen molar-refractivity contribution in [2.24, 2.45) is 0 Å². The molecule has 0 radical (unpaired) electrons. The van der Waals surface area contributed by atoms with E-state index in [1.807, 2.05) is 18.2 Å². The van der Waals surface area contributed by atoms with Gasteiger partial charge in [0.2, 0.25) is 5.78 Å². The highest BCUT2D eigenvalue weighted by Gasteiger charge is 2.25. The Labute approximate surface area is 148 Å². The fourth-order valence-electron chi connectivity index (χ4n) is 2.37. The lowest BCUT2D eigenvalue weighted by molar-refractivity contribution is 0.0522. The van der Waals surface area contributed by atoms with Gasteiger partial charge in [0.15, 0.2) is 6.61 Å². The number of aromatic amines is 1. The van der Waals surface area contributed by atoms with Crippen LogP contribution in [0.4, 0.5) is 0 Å². The number of ketones is 1. The summed E-state index contributed by atoms with van der Waals surface area (Å²) in [6, 6.07) is 7.43. The van der Waals surface area contributed by atoms with Crippen LogP contribution in [0.25, 0.3) is 0 Å². The molecule has 0 atom stereocenters. The Balaban J connectivity index is 2.20. The molecule has 0 unspecified atom stereocenters. The Kier molecular flexibility index (Phi) is 5.81. The summed E-state index contributed by atoms with van der Waals surface area (Å²) < 4.78 is 11.6. The Morgan fingerprint density at radius 2 is 1.87 bits per heavy atom. The number of carbonyl (C=O) groups excluding carboxylic acids is 2. The van der Waals surface area contributed by atoms with Gasteiger partial charge in [-0.15, -0.1) is 0 Å². The number of ether oxygens (including phenoxy) is 2. The van der Waals surface area contributed by atoms with Crippen LogP contribution >= 0.6 is 22.6 Å². The van der Waals surface area contributed by atoms with Crippen molar-refractivity contribution >= 4 is 34.3 Å². The highest BCUT2D eigenvalue weighted by atomic mass is 127. The molecular formula is C17H18INO4. The van der Waals surface area contributed by atoms with Crippen LogP contribution in [0.5, 0.6) is 5.75 Å². The Morgan fingerprint density at radius 3 is 2.52 bits per heavy atom. The van der Waals surface area contributed by atoms with Crippen molar-refractivity contribution in [2.75, 3.05) is 13.2 Å². The predicted octanol–water partition coefficient (Wildman–Crippen LogP) is 3.67. The van der Waals surface area contributed by atoms with Crippen molar-refractivity contribution < 1.29 is 19.1 Å². The smallest absolute Gasteiger partial charge is 0.340 e. The second-order valence-corrected chi connectivity index (χ2v) is 6.26. The third kappa shape index (κ3) is 4.13. The summed E-state index contributed by atoms with van der Waals surface area (Å²) in [7, 11) is 0. The number of carbonyl (C=O) groups is 2. The molecule has 0 bridgehead atoms. The summed E-state index contributed by atoms with van der Waals surface area (Å²) >= 11 is 2.17. The zero-order chi connectivity index (χ0) is 17.0. The fraction of sp³-hybridized carbons (Fsp3) is 0.294. The maximum absolute atomic E-state index is 12.5. The Bertz CT molecular complexity index is 736. The minimum absolute atomic E-state index is 0.134. The Hall–Kier alpha value is -1.83. The normalized spacial score (nSPS) is 10.4. The van der Waals surface area contributed by atoms with E-state index in [0.29, 0.717) is 28.3 Å². The number of halogens is 1. The molecule has 0 amide bonds. The van der Waals surface area contributed by atoms with Gasteiger partial charge in [-0.05, 0) is 61.6 Å². The lowest BCUT2D eigenvalue weighted by Crippen LogP contribution is -2.17. The molecule has 2 aromatic rings. The third-order valence-electron chi connectivity index (χ3n) is 3.30. The standard InChI is InChI=1S/C17H18INO4/c1-4-22-17(21)16-11(3)19-10(2)15(16)14(20)9-23-13-7-5-6-12(18)8-13/h5-8,19H,4,9H2,1-3H3. The minimum atomic E-state index is -0.494. The maximum Gasteiger partial charge on any atom is 0.340 e. The quantitative estimate of drug-likeness (QED) is 0.434. The van der Waals surface area contributed by atoms with Gasteiger partial charge < -0.3 is 14.5 Å². The number of aromatic nitrogens is 1. The molecule has 5 nitrogen and oxygen atoms in total. The van der Waals surface area contributed by atoms with E-state index in [-0.39, 0.29) is 19.0 Å². The number of hydrogen-bond donors (Lipinski definition) is 1. The van der Waals surface area contributed by atoms with E-state index in [2.05, 4.69) is 27.6 Å². The topological polar surface area (TPSA) is 68.4 Å². The van der Waals surface area contributed by atoms with E-state index in [1.165, 1.54) is 0 Å². The molecule has 6 heteroatoms. The molecule has 122 valence electrons. The molecule has 0 saturated carbocycles. The summed E-state index contributed by atoms with van der Waals surface area (Å²) in [5.41, 5.74) is 1.90. The van der Waals surface area contributed by atoms with Crippen LogP contribution in [0, 0.1) is 17.4 Å². The largest absolute Gasteiger partial charge is 0.485 e. The van der Waals surface area contributed by atoms with Crippen LogP contribution < -0.4 is 4.74 Å². The van der Waals surface area contributed by atoms with Crippen molar-refractivity contribution in [3.05, 3.63) is 50.4 Å². The van der Waals surface area contributed by atoms with Crippen molar-refractivity contribution in [2.45, 2.75) is 20.8 Å². The lowest BCUT2D eigenvalue weighted by Gasteiger charge is -2.08. The van der Waals surface area contributed by atoms with Gasteiger partial charge in [-0.1, -0.05) is 6.07 Å². The van der Waals surface area contributed by atoms with E-state index in [1.54, 1.807) is 26.8 Å². The van der Waals surface area contributed by atoms with Gasteiger partial charge in [-0.2, -0.15) is 0 Å². The van der Waals surface area contributed by atoms with Gasteiger partial charge in [-0.25, -0.2) is 4.79 Å². The van der Waals surface area contributed by atoms with Crippen LogP contribution in [-0.2, 0) is 4.74 Å². The number of nitrogens with one attached hydrogen (secondary N) is 1. The van der Waals surface area contributed by atoms with E-state index >= 15 is 0 Å². The molecule has 2 rings (SSSR count). The number of esters is 1. The van der Waals surface area contributed by atoms with Gasteiger partial charge in [0.05, 0.1) is 17.7 Å². The van der Waals surface area contributed by atoms with Crippen molar-refractivity contribution in [1.29, 1.82) is 0 Å². The molecule has 0 aliphatic rings.